The van der Waals surface area contributed by atoms with Crippen LogP contribution in [0.2, 0.25) is 0 Å². The van der Waals surface area contributed by atoms with Gasteiger partial charge in [0.2, 0.25) is 11.8 Å². The predicted octanol–water partition coefficient (Wildman–Crippen LogP) is 5.87. The van der Waals surface area contributed by atoms with Crippen molar-refractivity contribution in [3.63, 3.8) is 0 Å². The van der Waals surface area contributed by atoms with Gasteiger partial charge in [-0.25, -0.2) is 4.90 Å². The number of carbonyl (C=O) groups excluding carboxylic acids is 2. The van der Waals surface area contributed by atoms with Gasteiger partial charge in [0, 0.05) is 0 Å². The first-order valence-corrected chi connectivity index (χ1v) is 12.1. The molecule has 1 heterocycles. The zero-order valence-electron chi connectivity index (χ0n) is 19.6. The highest BCUT2D eigenvalue weighted by Crippen LogP contribution is 2.67. The molecule has 3 aromatic rings. The average molecular weight is 478 g/mol. The van der Waals surface area contributed by atoms with Gasteiger partial charge in [-0.15, -0.1) is 0 Å². The molecule has 36 heavy (non-hydrogen) atoms. The summed E-state index contributed by atoms with van der Waals surface area (Å²) in [6.07, 6.45) is 6.12. The predicted molar refractivity (Wildman–Crippen MR) is 138 cm³/mol. The Bertz CT molecular complexity index is 1320. The van der Waals surface area contributed by atoms with Crippen LogP contribution < -0.4 is 10.1 Å². The molecule has 2 unspecified atom stereocenters. The Kier molecular flexibility index (Phi) is 5.18. The zero-order chi connectivity index (χ0) is 24.9. The van der Waals surface area contributed by atoms with Crippen molar-refractivity contribution in [2.24, 2.45) is 10.8 Å². The van der Waals surface area contributed by atoms with E-state index in [0.717, 1.165) is 22.3 Å². The van der Waals surface area contributed by atoms with Gasteiger partial charge in [0.25, 0.3) is 0 Å². The molecule has 2 aliphatic carbocycles. The van der Waals surface area contributed by atoms with Gasteiger partial charge in [-0.2, -0.15) is 0 Å². The molecule has 0 spiro atoms. The maximum absolute atomic E-state index is 14.1. The molecular weight excluding hydrogens is 452 g/mol. The van der Waals surface area contributed by atoms with Gasteiger partial charge >= 0.3 is 0 Å². The van der Waals surface area contributed by atoms with Crippen LogP contribution in [-0.4, -0.2) is 17.0 Å². The zero-order valence-corrected chi connectivity index (χ0v) is 19.6. The molecule has 0 radical (unpaired) electrons. The molecule has 1 N–H and O–H groups in total. The summed E-state index contributed by atoms with van der Waals surface area (Å²) >= 11 is 0. The normalized spacial score (nSPS) is 24.6. The third-order valence-electron chi connectivity index (χ3n) is 8.08. The van der Waals surface area contributed by atoms with E-state index in [1.807, 2.05) is 48.6 Å². The van der Waals surface area contributed by atoms with Crippen molar-refractivity contribution < 1.29 is 14.8 Å². The molecule has 1 aliphatic heterocycles. The van der Waals surface area contributed by atoms with E-state index in [4.69, 9.17) is 5.21 Å². The third-order valence-corrected chi connectivity index (χ3v) is 8.08. The van der Waals surface area contributed by atoms with Crippen molar-refractivity contribution in [3.8, 4) is 0 Å². The van der Waals surface area contributed by atoms with Gasteiger partial charge < -0.3 is 10.4 Å². The number of hydrogen-bond donors (Lipinski definition) is 1. The molecule has 180 valence electrons. The highest BCUT2D eigenvalue weighted by molar-refractivity contribution is 6.26. The summed E-state index contributed by atoms with van der Waals surface area (Å²) in [6, 6.07) is 26.2. The summed E-state index contributed by atoms with van der Waals surface area (Å²) in [7, 11) is 0. The minimum absolute atomic E-state index is 0.0361. The minimum atomic E-state index is -0.844. The Morgan fingerprint density at radius 1 is 0.750 bits per heavy atom. The minimum Gasteiger partial charge on any atom is -0.733 e. The first kappa shape index (κ1) is 22.5. The highest BCUT2D eigenvalue weighted by atomic mass is 16.8. The van der Waals surface area contributed by atoms with E-state index >= 15 is 0 Å². The van der Waals surface area contributed by atoms with Crippen molar-refractivity contribution in [1.82, 2.24) is 0 Å². The van der Waals surface area contributed by atoms with E-state index in [0.29, 0.717) is 31.4 Å². The van der Waals surface area contributed by atoms with E-state index in [-0.39, 0.29) is 22.7 Å². The Labute approximate surface area is 209 Å². The molecule has 0 bridgehead atoms. The second-order valence-electron chi connectivity index (χ2n) is 9.84. The summed E-state index contributed by atoms with van der Waals surface area (Å²) in [5.41, 5.74) is 3.16. The molecule has 3 aliphatic rings. The lowest BCUT2D eigenvalue weighted by Gasteiger charge is -2.36. The molecule has 6 rings (SSSR count). The number of allylic oxidation sites excluding steroid dienone is 3. The first-order chi connectivity index (χ1) is 17.5. The Morgan fingerprint density at radius 3 is 1.67 bits per heavy atom. The Hall–Kier alpha value is -4.00. The number of amides is 2. The van der Waals surface area contributed by atoms with Crippen LogP contribution in [-0.2, 0) is 9.59 Å². The topological polar surface area (TPSA) is 83.9 Å². The van der Waals surface area contributed by atoms with Crippen molar-refractivity contribution in [1.29, 1.82) is 0 Å². The molecule has 6 heteroatoms. The van der Waals surface area contributed by atoms with Gasteiger partial charge in [0.05, 0.1) is 22.2 Å². The first-order valence-electron chi connectivity index (χ1n) is 12.1. The fourth-order valence-corrected chi connectivity index (χ4v) is 6.41. The van der Waals surface area contributed by atoms with Gasteiger partial charge in [-0.1, -0.05) is 78.4 Å². The Morgan fingerprint density at radius 2 is 1.22 bits per heavy atom. The van der Waals surface area contributed by atoms with Crippen LogP contribution in [0.3, 0.4) is 0 Å². The van der Waals surface area contributed by atoms with Crippen LogP contribution in [0.1, 0.15) is 36.8 Å². The fourth-order valence-electron chi connectivity index (χ4n) is 6.41. The third kappa shape index (κ3) is 3.11. The van der Waals surface area contributed by atoms with E-state index in [9.17, 15) is 14.8 Å². The largest absolute Gasteiger partial charge is 0.733 e. The molecule has 6 nitrogen and oxygen atoms in total. The van der Waals surface area contributed by atoms with Crippen LogP contribution >= 0.6 is 0 Å². The maximum Gasteiger partial charge on any atom is 0.241 e. The summed E-state index contributed by atoms with van der Waals surface area (Å²) in [4.78, 5) is 29.6. The van der Waals surface area contributed by atoms with Crippen molar-refractivity contribution in [2.75, 3.05) is 10.1 Å². The lowest BCUT2D eigenvalue weighted by molar-refractivity contribution is -0.132. The monoisotopic (exact) mass is 477 g/mol. The number of imide groups is 1. The van der Waals surface area contributed by atoms with Crippen LogP contribution in [0, 0.1) is 16.0 Å². The average Bonchev–Trinajstić information content (AvgIpc) is 3.35. The number of benzene rings is 3. The van der Waals surface area contributed by atoms with E-state index in [1.165, 1.54) is 29.2 Å². The summed E-state index contributed by atoms with van der Waals surface area (Å²) in [6.45, 7) is 0. The molecule has 0 aromatic heterocycles. The molecular formula is C30H25N2O4-. The van der Waals surface area contributed by atoms with Crippen LogP contribution in [0.15, 0.2) is 103 Å². The molecule has 1 saturated carbocycles. The molecule has 1 saturated heterocycles. The molecule has 2 amide bonds. The second kappa shape index (κ2) is 8.29. The molecule has 3 aromatic carbocycles. The van der Waals surface area contributed by atoms with Crippen molar-refractivity contribution >= 4 is 28.8 Å². The van der Waals surface area contributed by atoms with Crippen molar-refractivity contribution in [2.45, 2.75) is 25.7 Å². The quantitative estimate of drug-likeness (QED) is 0.289. The molecule has 2 atom stereocenters. The number of carbonyl (C=O) groups is 2. The summed E-state index contributed by atoms with van der Waals surface area (Å²) in [5.74, 6) is -0.383. The lowest BCUT2D eigenvalue weighted by atomic mass is 9.61. The fraction of sp³-hybridized carbons (Fsp3) is 0.200. The summed E-state index contributed by atoms with van der Waals surface area (Å²) in [5, 5.41) is 20.1. The number of hydrogen-bond acceptors (Lipinski definition) is 5. The SMILES string of the molecule is O=C1N(c2ccc(N([O-])O)cc2)C(=O)C23CC=CCC12CC(=C(c1ccccc1)c1ccccc1)C3. The van der Waals surface area contributed by atoms with Crippen LogP contribution in [0.4, 0.5) is 11.4 Å². The number of nitrogens with zero attached hydrogens (tertiary/aromatic N) is 2. The Balaban J connectivity index is 1.49. The van der Waals surface area contributed by atoms with E-state index < -0.39 is 10.8 Å². The smallest absolute Gasteiger partial charge is 0.241 e. The molecule has 2 fully saturated rings. The second-order valence-corrected chi connectivity index (χ2v) is 9.84. The van der Waals surface area contributed by atoms with E-state index in [2.05, 4.69) is 24.3 Å². The maximum atomic E-state index is 14.1. The van der Waals surface area contributed by atoms with Crippen LogP contribution in [0.5, 0.6) is 0 Å². The van der Waals surface area contributed by atoms with E-state index in [1.54, 1.807) is 0 Å². The number of rotatable bonds is 4. The highest BCUT2D eigenvalue weighted by Gasteiger charge is 2.72. The summed E-state index contributed by atoms with van der Waals surface area (Å²) < 4.78 is 0. The number of anilines is 2. The standard InChI is InChI=1S/C30H25N2O4/c33-27-29-17-7-8-18-30(29,28(34)31(27)24-13-15-25(16-14-24)32(35)36)20-23(19-29)26(21-9-3-1-4-10-21)22-11-5-2-6-12-22/h1-16,35H,17-20H2/q-1. The van der Waals surface area contributed by atoms with Gasteiger partial charge in [0.15, 0.2) is 0 Å². The van der Waals surface area contributed by atoms with Gasteiger partial charge in [0.1, 0.15) is 0 Å². The van der Waals surface area contributed by atoms with Crippen LogP contribution in [0.25, 0.3) is 5.57 Å². The van der Waals surface area contributed by atoms with Gasteiger partial charge in [-0.05, 0) is 66.6 Å². The van der Waals surface area contributed by atoms with Crippen molar-refractivity contribution in [3.05, 3.63) is 119 Å². The van der Waals surface area contributed by atoms with Gasteiger partial charge in [-0.3, -0.25) is 14.8 Å². The lowest BCUT2D eigenvalue weighted by Crippen LogP contribution is -2.41.